The van der Waals surface area contributed by atoms with Crippen molar-refractivity contribution in [2.24, 2.45) is 0 Å². The van der Waals surface area contributed by atoms with E-state index in [0.29, 0.717) is 29.1 Å². The van der Waals surface area contributed by atoms with E-state index in [9.17, 15) is 14.4 Å². The number of hydrogen-bond donors (Lipinski definition) is 2. The van der Waals surface area contributed by atoms with Gasteiger partial charge in [-0.3, -0.25) is 25.2 Å². The van der Waals surface area contributed by atoms with Crippen LogP contribution >= 0.6 is 11.6 Å². The fourth-order valence-corrected chi connectivity index (χ4v) is 3.18. The number of carbonyl (C=O) groups is 3. The third-order valence-corrected chi connectivity index (χ3v) is 4.66. The van der Waals surface area contributed by atoms with Gasteiger partial charge in [-0.2, -0.15) is 0 Å². The van der Waals surface area contributed by atoms with E-state index >= 15 is 0 Å². The average Bonchev–Trinajstić information content (AvgIpc) is 2.80. The van der Waals surface area contributed by atoms with Crippen molar-refractivity contribution < 1.29 is 18.8 Å². The van der Waals surface area contributed by atoms with Gasteiger partial charge < -0.3 is 9.32 Å². The van der Waals surface area contributed by atoms with E-state index in [2.05, 4.69) is 10.9 Å². The highest BCUT2D eigenvalue weighted by atomic mass is 35.5. The number of furan rings is 1. The van der Waals surface area contributed by atoms with Gasteiger partial charge in [-0.05, 0) is 38.0 Å². The fraction of sp³-hybridized carbons (Fsp3) is 0.389. The van der Waals surface area contributed by atoms with Crippen molar-refractivity contribution >= 4 is 40.3 Å². The summed E-state index contributed by atoms with van der Waals surface area (Å²) in [6, 6.07) is 5.08. The minimum Gasteiger partial charge on any atom is -0.451 e. The number of carbonyl (C=O) groups excluding carboxylic acids is 3. The number of benzene rings is 1. The summed E-state index contributed by atoms with van der Waals surface area (Å²) in [5, 5.41) is 1.29. The number of nitrogens with one attached hydrogen (secondary N) is 2. The molecule has 26 heavy (non-hydrogen) atoms. The Balaban J connectivity index is 1.61. The Morgan fingerprint density at radius 2 is 2.04 bits per heavy atom. The van der Waals surface area contributed by atoms with Gasteiger partial charge in [-0.1, -0.05) is 18.0 Å². The summed E-state index contributed by atoms with van der Waals surface area (Å²) in [5.74, 6) is -0.946. The van der Waals surface area contributed by atoms with Crippen molar-refractivity contribution in [2.75, 3.05) is 13.1 Å². The maximum Gasteiger partial charge on any atom is 0.305 e. The number of aryl methyl sites for hydroxylation is 1. The van der Waals surface area contributed by atoms with Crippen molar-refractivity contribution in [1.29, 1.82) is 0 Å². The maximum absolute atomic E-state index is 12.3. The van der Waals surface area contributed by atoms with Crippen LogP contribution < -0.4 is 10.9 Å². The van der Waals surface area contributed by atoms with Crippen LogP contribution in [0.1, 0.15) is 41.8 Å². The van der Waals surface area contributed by atoms with Crippen LogP contribution in [0.4, 0.5) is 0 Å². The first-order valence-corrected chi connectivity index (χ1v) is 8.89. The second kappa shape index (κ2) is 7.78. The molecule has 8 heteroatoms. The van der Waals surface area contributed by atoms with Gasteiger partial charge in [0.1, 0.15) is 12.1 Å². The van der Waals surface area contributed by atoms with Crippen LogP contribution in [0.5, 0.6) is 0 Å². The Morgan fingerprint density at radius 1 is 1.23 bits per heavy atom. The van der Waals surface area contributed by atoms with Crippen molar-refractivity contribution in [3.63, 3.8) is 0 Å². The molecule has 0 aliphatic carbocycles. The lowest BCUT2D eigenvalue weighted by Crippen LogP contribution is -2.47. The summed E-state index contributed by atoms with van der Waals surface area (Å²) in [5.41, 5.74) is 5.84. The van der Waals surface area contributed by atoms with Gasteiger partial charge in [-0.15, -0.1) is 0 Å². The molecule has 0 saturated carbocycles. The van der Waals surface area contributed by atoms with Crippen molar-refractivity contribution in [2.45, 2.75) is 32.6 Å². The minimum absolute atomic E-state index is 0.0333. The summed E-state index contributed by atoms with van der Waals surface area (Å²) in [7, 11) is 0. The van der Waals surface area contributed by atoms with Gasteiger partial charge in [0.25, 0.3) is 5.91 Å². The predicted molar refractivity (Wildman–Crippen MR) is 96.6 cm³/mol. The zero-order valence-corrected chi connectivity index (χ0v) is 15.2. The van der Waals surface area contributed by atoms with Crippen LogP contribution in [0.15, 0.2) is 22.6 Å². The van der Waals surface area contributed by atoms with Crippen LogP contribution in [0.2, 0.25) is 5.02 Å². The number of likely N-dealkylation sites (tertiary alicyclic amines) is 1. The van der Waals surface area contributed by atoms with Crippen LogP contribution in [0.25, 0.3) is 11.0 Å². The monoisotopic (exact) mass is 377 g/mol. The lowest BCUT2D eigenvalue weighted by atomic mass is 10.1. The third-order valence-electron chi connectivity index (χ3n) is 4.43. The summed E-state index contributed by atoms with van der Waals surface area (Å²) in [4.78, 5) is 37.8. The SMILES string of the molecule is Cc1c(C(=O)NNC(=O)CN2CCCCCC2=O)oc2ccc(Cl)cc12. The maximum atomic E-state index is 12.3. The molecule has 2 heterocycles. The second-order valence-corrected chi connectivity index (χ2v) is 6.76. The first-order valence-electron chi connectivity index (χ1n) is 8.51. The van der Waals surface area contributed by atoms with E-state index in [-0.39, 0.29) is 18.2 Å². The van der Waals surface area contributed by atoms with E-state index in [1.807, 2.05) is 0 Å². The van der Waals surface area contributed by atoms with Gasteiger partial charge in [0.05, 0.1) is 0 Å². The summed E-state index contributed by atoms with van der Waals surface area (Å²) >= 11 is 5.97. The van der Waals surface area contributed by atoms with E-state index in [0.717, 1.165) is 24.6 Å². The van der Waals surface area contributed by atoms with Gasteiger partial charge in [0.2, 0.25) is 5.91 Å². The molecule has 7 nitrogen and oxygen atoms in total. The number of nitrogens with zero attached hydrogens (tertiary/aromatic N) is 1. The highest BCUT2D eigenvalue weighted by Gasteiger charge is 2.21. The molecule has 0 radical (unpaired) electrons. The molecule has 138 valence electrons. The molecular weight excluding hydrogens is 358 g/mol. The molecule has 0 bridgehead atoms. The second-order valence-electron chi connectivity index (χ2n) is 6.32. The molecule has 2 N–H and O–H groups in total. The largest absolute Gasteiger partial charge is 0.451 e. The minimum atomic E-state index is -0.564. The number of rotatable bonds is 3. The van der Waals surface area contributed by atoms with E-state index < -0.39 is 11.8 Å². The first-order chi connectivity index (χ1) is 12.5. The molecule has 1 aromatic heterocycles. The molecule has 1 aliphatic rings. The van der Waals surface area contributed by atoms with Crippen molar-refractivity contribution in [1.82, 2.24) is 15.8 Å². The fourth-order valence-electron chi connectivity index (χ4n) is 3.01. The molecule has 0 spiro atoms. The molecule has 1 saturated heterocycles. The van der Waals surface area contributed by atoms with Gasteiger partial charge in [0, 0.05) is 28.9 Å². The number of amides is 3. The van der Waals surface area contributed by atoms with E-state index in [1.165, 1.54) is 4.90 Å². The highest BCUT2D eigenvalue weighted by molar-refractivity contribution is 6.31. The van der Waals surface area contributed by atoms with Crippen molar-refractivity contribution in [3.05, 3.63) is 34.5 Å². The Kier molecular flexibility index (Phi) is 5.46. The molecule has 1 fully saturated rings. The Labute approximate surface area is 155 Å². The molecule has 2 aromatic rings. The van der Waals surface area contributed by atoms with E-state index in [1.54, 1.807) is 25.1 Å². The zero-order valence-electron chi connectivity index (χ0n) is 14.4. The number of halogens is 1. The Bertz CT molecular complexity index is 861. The lowest BCUT2D eigenvalue weighted by Gasteiger charge is -2.19. The number of hydrazine groups is 1. The molecular formula is C18H20ClN3O4. The Morgan fingerprint density at radius 3 is 2.85 bits per heavy atom. The standard InChI is InChI=1S/C18H20ClN3O4/c1-11-13-9-12(19)6-7-14(13)26-17(11)18(25)21-20-15(23)10-22-8-4-2-3-5-16(22)24/h6-7,9H,2-5,8,10H2,1H3,(H,20,23)(H,21,25). The van der Waals surface area contributed by atoms with Crippen molar-refractivity contribution in [3.8, 4) is 0 Å². The molecule has 0 atom stereocenters. The molecule has 0 unspecified atom stereocenters. The topological polar surface area (TPSA) is 91.7 Å². The summed E-state index contributed by atoms with van der Waals surface area (Å²) in [6.45, 7) is 2.23. The normalized spacial score (nSPS) is 15.0. The summed E-state index contributed by atoms with van der Waals surface area (Å²) in [6.07, 6.45) is 3.17. The lowest BCUT2D eigenvalue weighted by molar-refractivity contribution is -0.135. The molecule has 1 aromatic carbocycles. The smallest absolute Gasteiger partial charge is 0.305 e. The van der Waals surface area contributed by atoms with E-state index in [4.69, 9.17) is 16.0 Å². The number of fused-ring (bicyclic) bond motifs is 1. The van der Waals surface area contributed by atoms with Crippen LogP contribution in [-0.4, -0.2) is 35.7 Å². The molecule has 3 amide bonds. The summed E-state index contributed by atoms with van der Waals surface area (Å²) < 4.78 is 5.54. The van der Waals surface area contributed by atoms with Crippen LogP contribution in [0, 0.1) is 6.92 Å². The Hall–Kier alpha value is -2.54. The van der Waals surface area contributed by atoms with Gasteiger partial charge in [-0.25, -0.2) is 0 Å². The third kappa shape index (κ3) is 3.99. The molecule has 3 rings (SSSR count). The highest BCUT2D eigenvalue weighted by Crippen LogP contribution is 2.27. The average molecular weight is 378 g/mol. The quantitative estimate of drug-likeness (QED) is 0.804. The van der Waals surface area contributed by atoms with Gasteiger partial charge >= 0.3 is 5.91 Å². The predicted octanol–water partition coefficient (Wildman–Crippen LogP) is 2.56. The number of hydrogen-bond acceptors (Lipinski definition) is 4. The first kappa shape index (κ1) is 18.3. The van der Waals surface area contributed by atoms with Gasteiger partial charge in [0.15, 0.2) is 5.76 Å². The zero-order chi connectivity index (χ0) is 18.7. The molecule has 1 aliphatic heterocycles. The van der Waals surface area contributed by atoms with Crippen LogP contribution in [-0.2, 0) is 9.59 Å². The van der Waals surface area contributed by atoms with Crippen LogP contribution in [0.3, 0.4) is 0 Å².